The van der Waals surface area contributed by atoms with Crippen molar-refractivity contribution >= 4 is 39.5 Å². The second-order valence-electron chi connectivity index (χ2n) is 6.65. The zero-order valence-electron chi connectivity index (χ0n) is 16.1. The monoisotopic (exact) mass is 485 g/mol. The molecule has 0 unspecified atom stereocenters. The Hall–Kier alpha value is -2.82. The maximum atomic E-state index is 13.2. The summed E-state index contributed by atoms with van der Waals surface area (Å²) >= 11 is 3.17. The van der Waals surface area contributed by atoms with E-state index in [0.29, 0.717) is 5.69 Å². The molecule has 0 spiro atoms. The Kier molecular flexibility index (Phi) is 6.49. The predicted octanol–water partition coefficient (Wildman–Crippen LogP) is 3.67. The summed E-state index contributed by atoms with van der Waals surface area (Å²) in [6.45, 7) is -0.312. The number of benzene rings is 1. The third kappa shape index (κ3) is 4.66. The minimum Gasteiger partial charge on any atom is -0.465 e. The zero-order valence-corrected chi connectivity index (χ0v) is 17.7. The number of hydrogen-bond donors (Lipinski definition) is 1. The lowest BCUT2D eigenvalue weighted by Crippen LogP contribution is -2.21. The number of aromatic nitrogens is 2. The number of hydrogen-bond acceptors (Lipinski definition) is 6. The molecule has 0 aliphatic heterocycles. The highest BCUT2D eigenvalue weighted by Crippen LogP contribution is 2.45. The van der Waals surface area contributed by atoms with Crippen LogP contribution in [0, 0.1) is 0 Å². The zero-order chi connectivity index (χ0) is 22.0. The summed E-state index contributed by atoms with van der Waals surface area (Å²) in [5, 5.41) is 6.44. The molecule has 1 aliphatic rings. The smallest absolute Gasteiger partial charge is 0.337 e. The van der Waals surface area contributed by atoms with Crippen molar-refractivity contribution in [2.24, 2.45) is 0 Å². The van der Waals surface area contributed by atoms with Crippen molar-refractivity contribution in [2.45, 2.75) is 31.7 Å². The molecule has 2 aromatic rings. The van der Waals surface area contributed by atoms with Crippen molar-refractivity contribution in [3.63, 3.8) is 0 Å². The first-order valence-corrected chi connectivity index (χ1v) is 9.70. The second kappa shape index (κ2) is 8.90. The van der Waals surface area contributed by atoms with Crippen molar-refractivity contribution in [3.8, 4) is 0 Å². The Morgan fingerprint density at radius 3 is 2.20 bits per heavy atom. The fourth-order valence-corrected chi connectivity index (χ4v) is 3.77. The molecule has 0 radical (unpaired) electrons. The Morgan fingerprint density at radius 1 is 1.17 bits per heavy atom. The van der Waals surface area contributed by atoms with Crippen molar-refractivity contribution in [3.05, 3.63) is 45.2 Å². The Bertz CT molecular complexity index is 970. The van der Waals surface area contributed by atoms with Gasteiger partial charge < -0.3 is 14.8 Å². The van der Waals surface area contributed by atoms with E-state index >= 15 is 0 Å². The number of methoxy groups -OCH3 is 2. The summed E-state index contributed by atoms with van der Waals surface area (Å²) < 4.78 is 37.2. The predicted molar refractivity (Wildman–Crippen MR) is 105 cm³/mol. The molecule has 1 amide bonds. The minimum atomic E-state index is -2.78. The van der Waals surface area contributed by atoms with Crippen LogP contribution in [0.3, 0.4) is 0 Å². The van der Waals surface area contributed by atoms with Crippen molar-refractivity contribution in [2.75, 3.05) is 19.5 Å². The summed E-state index contributed by atoms with van der Waals surface area (Å²) in [7, 11) is 2.36. The van der Waals surface area contributed by atoms with Gasteiger partial charge >= 0.3 is 11.9 Å². The SMILES string of the molecule is COC(=O)c1cc(NC(=O)Cn2nc(C(F)F)c(Br)c2C2CC2)cc(C(=O)OC)c1. The second-order valence-corrected chi connectivity index (χ2v) is 7.44. The maximum Gasteiger partial charge on any atom is 0.337 e. The highest BCUT2D eigenvalue weighted by Gasteiger charge is 2.34. The van der Waals surface area contributed by atoms with Crippen LogP contribution in [0.2, 0.25) is 0 Å². The van der Waals surface area contributed by atoms with Gasteiger partial charge in [0.15, 0.2) is 0 Å². The number of rotatable bonds is 7. The highest BCUT2D eigenvalue weighted by molar-refractivity contribution is 9.10. The van der Waals surface area contributed by atoms with Gasteiger partial charge in [-0.2, -0.15) is 5.10 Å². The van der Waals surface area contributed by atoms with Crippen molar-refractivity contribution in [1.29, 1.82) is 0 Å². The van der Waals surface area contributed by atoms with E-state index in [0.717, 1.165) is 12.8 Å². The molecule has 1 aliphatic carbocycles. The molecule has 160 valence electrons. The topological polar surface area (TPSA) is 99.5 Å². The molecular weight excluding hydrogens is 468 g/mol. The van der Waals surface area contributed by atoms with Gasteiger partial charge in [0, 0.05) is 11.6 Å². The van der Waals surface area contributed by atoms with E-state index in [2.05, 4.69) is 35.8 Å². The molecule has 8 nitrogen and oxygen atoms in total. The number of alkyl halides is 2. The van der Waals surface area contributed by atoms with Gasteiger partial charge in [0.05, 0.1) is 35.5 Å². The average Bonchev–Trinajstić information content (AvgIpc) is 3.49. The Labute approximate surface area is 178 Å². The standard InChI is InChI=1S/C19H18BrF2N3O5/c1-29-18(27)10-5-11(19(28)30-2)7-12(6-10)23-13(26)8-25-16(9-3-4-9)14(20)15(24-25)17(21)22/h5-7,9,17H,3-4,8H2,1-2H3,(H,23,26). The van der Waals surface area contributed by atoms with E-state index in [4.69, 9.17) is 0 Å². The summed E-state index contributed by atoms with van der Waals surface area (Å²) in [5.74, 6) is -1.90. The van der Waals surface area contributed by atoms with Crippen molar-refractivity contribution in [1.82, 2.24) is 9.78 Å². The molecule has 1 aromatic carbocycles. The molecule has 1 fully saturated rings. The van der Waals surface area contributed by atoms with Crippen LogP contribution in [-0.4, -0.2) is 41.8 Å². The molecule has 1 aromatic heterocycles. The van der Waals surface area contributed by atoms with Gasteiger partial charge in [-0.15, -0.1) is 0 Å². The third-order valence-corrected chi connectivity index (χ3v) is 5.29. The Morgan fingerprint density at radius 2 is 1.73 bits per heavy atom. The first kappa shape index (κ1) is 21.9. The quantitative estimate of drug-likeness (QED) is 0.600. The summed E-state index contributed by atoms with van der Waals surface area (Å²) in [4.78, 5) is 36.3. The van der Waals surface area contributed by atoms with E-state index in [1.54, 1.807) is 0 Å². The minimum absolute atomic E-state index is 0.0381. The molecular formula is C19H18BrF2N3O5. The summed E-state index contributed by atoms with van der Waals surface area (Å²) in [6, 6.07) is 3.95. The molecule has 1 saturated carbocycles. The molecule has 30 heavy (non-hydrogen) atoms. The first-order chi connectivity index (χ1) is 14.2. The Balaban J connectivity index is 1.85. The number of ether oxygens (including phenoxy) is 2. The number of carbonyl (C=O) groups excluding carboxylic acids is 3. The van der Waals surface area contributed by atoms with Crippen LogP contribution < -0.4 is 5.32 Å². The van der Waals surface area contributed by atoms with Gasteiger partial charge in [0.25, 0.3) is 6.43 Å². The highest BCUT2D eigenvalue weighted by atomic mass is 79.9. The average molecular weight is 486 g/mol. The van der Waals surface area contributed by atoms with E-state index in [1.807, 2.05) is 0 Å². The lowest BCUT2D eigenvalue weighted by Gasteiger charge is -2.11. The van der Waals surface area contributed by atoms with Crippen LogP contribution in [0.15, 0.2) is 22.7 Å². The molecule has 0 bridgehead atoms. The molecule has 0 saturated heterocycles. The third-order valence-electron chi connectivity index (χ3n) is 4.48. The first-order valence-electron chi connectivity index (χ1n) is 8.91. The fourth-order valence-electron chi connectivity index (χ4n) is 2.99. The number of amides is 1. The largest absolute Gasteiger partial charge is 0.465 e. The van der Waals surface area contributed by atoms with Gasteiger partial charge in [0.2, 0.25) is 5.91 Å². The van der Waals surface area contributed by atoms with Crippen LogP contribution in [0.4, 0.5) is 14.5 Å². The summed E-state index contributed by atoms with van der Waals surface area (Å²) in [6.07, 6.45) is -1.11. The number of halogens is 3. The lowest BCUT2D eigenvalue weighted by atomic mass is 10.1. The van der Waals surface area contributed by atoms with E-state index in [1.165, 1.54) is 37.1 Å². The van der Waals surface area contributed by atoms with Crippen LogP contribution >= 0.6 is 15.9 Å². The molecule has 3 rings (SSSR count). The van der Waals surface area contributed by atoms with Gasteiger partial charge in [-0.3, -0.25) is 9.48 Å². The van der Waals surface area contributed by atoms with Crippen LogP contribution in [0.5, 0.6) is 0 Å². The summed E-state index contributed by atoms with van der Waals surface area (Å²) in [5.41, 5.74) is 0.369. The number of anilines is 1. The van der Waals surface area contributed by atoms with Crippen molar-refractivity contribution < 1.29 is 32.6 Å². The van der Waals surface area contributed by atoms with Gasteiger partial charge in [0.1, 0.15) is 12.2 Å². The van der Waals surface area contributed by atoms with Crippen LogP contribution in [-0.2, 0) is 20.8 Å². The number of nitrogens with zero attached hydrogens (tertiary/aromatic N) is 2. The molecule has 11 heteroatoms. The van der Waals surface area contributed by atoms with Gasteiger partial charge in [-0.05, 0) is 47.0 Å². The van der Waals surface area contributed by atoms with Gasteiger partial charge in [-0.1, -0.05) is 0 Å². The fraction of sp³-hybridized carbons (Fsp3) is 0.368. The lowest BCUT2D eigenvalue weighted by molar-refractivity contribution is -0.117. The van der Waals surface area contributed by atoms with Gasteiger partial charge in [-0.25, -0.2) is 18.4 Å². The van der Waals surface area contributed by atoms with Crippen LogP contribution in [0.25, 0.3) is 0 Å². The maximum absolute atomic E-state index is 13.2. The molecule has 0 atom stereocenters. The van der Waals surface area contributed by atoms with E-state index in [-0.39, 0.29) is 33.7 Å². The van der Waals surface area contributed by atoms with E-state index in [9.17, 15) is 23.2 Å². The molecule has 1 heterocycles. The number of carbonyl (C=O) groups is 3. The molecule has 1 N–H and O–H groups in total. The number of nitrogens with one attached hydrogen (secondary N) is 1. The number of esters is 2. The van der Waals surface area contributed by atoms with E-state index < -0.39 is 30.0 Å². The van der Waals surface area contributed by atoms with Crippen LogP contribution in [0.1, 0.15) is 57.3 Å². The normalized spacial score (nSPS) is 13.3.